The third-order valence-electron chi connectivity index (χ3n) is 3.18. The third-order valence-corrected chi connectivity index (χ3v) is 4.25. The average Bonchev–Trinajstić information content (AvgIpc) is 2.89. The third kappa shape index (κ3) is 3.39. The molecule has 0 saturated heterocycles. The van der Waals surface area contributed by atoms with Gasteiger partial charge in [-0.05, 0) is 25.0 Å². The molecule has 1 aromatic rings. The summed E-state index contributed by atoms with van der Waals surface area (Å²) in [5, 5.41) is 3.13. The van der Waals surface area contributed by atoms with E-state index in [0.717, 1.165) is 29.1 Å². The quantitative estimate of drug-likeness (QED) is 0.647. The Labute approximate surface area is 113 Å². The number of amides is 1. The highest BCUT2D eigenvalue weighted by Crippen LogP contribution is 2.24. The number of thioether (sulfide) groups is 1. The molecule has 1 aliphatic rings. The molecule has 0 atom stereocenters. The first kappa shape index (κ1) is 13.2. The van der Waals surface area contributed by atoms with Gasteiger partial charge in [-0.15, -0.1) is 18.3 Å². The fraction of sp³-hybridized carbons (Fsp3) is 0.400. The highest BCUT2D eigenvalue weighted by molar-refractivity contribution is 7.99. The van der Waals surface area contributed by atoms with Crippen molar-refractivity contribution in [3.8, 4) is 0 Å². The molecule has 1 N–H and O–H groups in total. The Morgan fingerprint density at radius 1 is 1.39 bits per heavy atom. The van der Waals surface area contributed by atoms with Gasteiger partial charge < -0.3 is 5.32 Å². The summed E-state index contributed by atoms with van der Waals surface area (Å²) in [5.74, 6) is 0.891. The molecule has 1 saturated carbocycles. The van der Waals surface area contributed by atoms with E-state index in [9.17, 15) is 4.79 Å². The van der Waals surface area contributed by atoms with Crippen molar-refractivity contribution in [1.29, 1.82) is 0 Å². The molecule has 0 spiro atoms. The van der Waals surface area contributed by atoms with Crippen molar-refractivity contribution >= 4 is 17.7 Å². The number of carbonyl (C=O) groups excluding carboxylic acids is 1. The molecule has 0 heterocycles. The van der Waals surface area contributed by atoms with Gasteiger partial charge in [0.05, 0.1) is 5.56 Å². The van der Waals surface area contributed by atoms with E-state index in [1.54, 1.807) is 11.8 Å². The van der Waals surface area contributed by atoms with Crippen molar-refractivity contribution < 1.29 is 4.79 Å². The van der Waals surface area contributed by atoms with Gasteiger partial charge in [-0.2, -0.15) is 0 Å². The highest BCUT2D eigenvalue weighted by Gasteiger charge is 2.19. The smallest absolute Gasteiger partial charge is 0.252 e. The van der Waals surface area contributed by atoms with Crippen molar-refractivity contribution in [2.45, 2.75) is 36.6 Å². The van der Waals surface area contributed by atoms with Crippen LogP contribution in [0.1, 0.15) is 36.0 Å². The molecule has 2 nitrogen and oxygen atoms in total. The molecule has 2 rings (SSSR count). The zero-order chi connectivity index (χ0) is 12.8. The van der Waals surface area contributed by atoms with Crippen molar-refractivity contribution in [2.75, 3.05) is 5.75 Å². The second-order valence-electron chi connectivity index (χ2n) is 4.55. The Morgan fingerprint density at radius 3 is 2.83 bits per heavy atom. The van der Waals surface area contributed by atoms with E-state index >= 15 is 0 Å². The molecule has 0 aromatic heterocycles. The van der Waals surface area contributed by atoms with Crippen LogP contribution < -0.4 is 5.32 Å². The van der Waals surface area contributed by atoms with Crippen LogP contribution in [0.2, 0.25) is 0 Å². The SMILES string of the molecule is C=CCSc1ccccc1C(=O)NC1CCCC1. The van der Waals surface area contributed by atoms with Gasteiger partial charge in [0, 0.05) is 16.7 Å². The maximum absolute atomic E-state index is 12.2. The first-order valence-corrected chi connectivity index (χ1v) is 7.43. The van der Waals surface area contributed by atoms with Gasteiger partial charge in [-0.1, -0.05) is 31.1 Å². The summed E-state index contributed by atoms with van der Waals surface area (Å²) >= 11 is 1.65. The van der Waals surface area contributed by atoms with E-state index in [-0.39, 0.29) is 5.91 Å². The molecule has 1 aliphatic carbocycles. The van der Waals surface area contributed by atoms with E-state index in [1.807, 2.05) is 30.3 Å². The van der Waals surface area contributed by atoms with Crippen LogP contribution in [0, 0.1) is 0 Å². The van der Waals surface area contributed by atoms with E-state index < -0.39 is 0 Å². The summed E-state index contributed by atoms with van der Waals surface area (Å²) in [7, 11) is 0. The van der Waals surface area contributed by atoms with E-state index in [2.05, 4.69) is 11.9 Å². The van der Waals surface area contributed by atoms with Crippen LogP contribution in [-0.2, 0) is 0 Å². The largest absolute Gasteiger partial charge is 0.349 e. The zero-order valence-corrected chi connectivity index (χ0v) is 11.3. The topological polar surface area (TPSA) is 29.1 Å². The predicted octanol–water partition coefficient (Wildman–Crippen LogP) is 3.64. The van der Waals surface area contributed by atoms with Crippen LogP contribution in [0.5, 0.6) is 0 Å². The number of hydrogen-bond acceptors (Lipinski definition) is 2. The molecule has 0 bridgehead atoms. The molecule has 96 valence electrons. The summed E-state index contributed by atoms with van der Waals surface area (Å²) < 4.78 is 0. The molecule has 18 heavy (non-hydrogen) atoms. The van der Waals surface area contributed by atoms with Crippen LogP contribution in [0.4, 0.5) is 0 Å². The maximum Gasteiger partial charge on any atom is 0.252 e. The van der Waals surface area contributed by atoms with Crippen molar-refractivity contribution in [3.63, 3.8) is 0 Å². The van der Waals surface area contributed by atoms with E-state index in [4.69, 9.17) is 0 Å². The minimum Gasteiger partial charge on any atom is -0.349 e. The lowest BCUT2D eigenvalue weighted by Gasteiger charge is -2.13. The molecule has 1 aromatic carbocycles. The van der Waals surface area contributed by atoms with Crippen molar-refractivity contribution in [1.82, 2.24) is 5.32 Å². The summed E-state index contributed by atoms with van der Waals surface area (Å²) in [4.78, 5) is 13.3. The second kappa shape index (κ2) is 6.64. The van der Waals surface area contributed by atoms with Crippen LogP contribution in [-0.4, -0.2) is 17.7 Å². The van der Waals surface area contributed by atoms with Crippen molar-refractivity contribution in [3.05, 3.63) is 42.5 Å². The standard InChI is InChI=1S/C15H19NOS/c1-2-11-18-14-10-6-5-9-13(14)15(17)16-12-7-3-4-8-12/h2,5-6,9-10,12H,1,3-4,7-8,11H2,(H,16,17). The summed E-state index contributed by atoms with van der Waals surface area (Å²) in [5.41, 5.74) is 0.788. The van der Waals surface area contributed by atoms with Gasteiger partial charge in [-0.25, -0.2) is 0 Å². The van der Waals surface area contributed by atoms with E-state index in [0.29, 0.717) is 6.04 Å². The van der Waals surface area contributed by atoms with Gasteiger partial charge in [0.2, 0.25) is 0 Å². The molecule has 1 amide bonds. The fourth-order valence-corrected chi connectivity index (χ4v) is 3.05. The Hall–Kier alpha value is -1.22. The fourth-order valence-electron chi connectivity index (χ4n) is 2.26. The Bertz CT molecular complexity index is 424. The van der Waals surface area contributed by atoms with Gasteiger partial charge in [0.1, 0.15) is 0 Å². The number of nitrogens with one attached hydrogen (secondary N) is 1. The monoisotopic (exact) mass is 261 g/mol. The van der Waals surface area contributed by atoms with Gasteiger partial charge >= 0.3 is 0 Å². The summed E-state index contributed by atoms with van der Waals surface area (Å²) in [6, 6.07) is 8.15. The lowest BCUT2D eigenvalue weighted by molar-refractivity contribution is 0.0935. The second-order valence-corrected chi connectivity index (χ2v) is 5.61. The van der Waals surface area contributed by atoms with Gasteiger partial charge in [0.15, 0.2) is 0 Å². The normalized spacial score (nSPS) is 15.6. The number of rotatable bonds is 5. The molecular weight excluding hydrogens is 242 g/mol. The Balaban J connectivity index is 2.05. The average molecular weight is 261 g/mol. The minimum atomic E-state index is 0.0639. The van der Waals surface area contributed by atoms with Gasteiger partial charge in [-0.3, -0.25) is 4.79 Å². The van der Waals surface area contributed by atoms with Gasteiger partial charge in [0.25, 0.3) is 5.91 Å². The Kier molecular flexibility index (Phi) is 4.88. The van der Waals surface area contributed by atoms with Crippen LogP contribution in [0.15, 0.2) is 41.8 Å². The lowest BCUT2D eigenvalue weighted by atomic mass is 10.2. The highest BCUT2D eigenvalue weighted by atomic mass is 32.2. The number of hydrogen-bond donors (Lipinski definition) is 1. The molecule has 0 radical (unpaired) electrons. The lowest BCUT2D eigenvalue weighted by Crippen LogP contribution is -2.32. The zero-order valence-electron chi connectivity index (χ0n) is 10.5. The summed E-state index contributed by atoms with van der Waals surface area (Å²) in [6.07, 6.45) is 6.56. The maximum atomic E-state index is 12.2. The minimum absolute atomic E-state index is 0.0639. The molecule has 1 fully saturated rings. The van der Waals surface area contributed by atoms with Crippen LogP contribution >= 0.6 is 11.8 Å². The number of benzene rings is 1. The molecule has 0 aliphatic heterocycles. The van der Waals surface area contributed by atoms with Crippen LogP contribution in [0.25, 0.3) is 0 Å². The molecular formula is C15H19NOS. The van der Waals surface area contributed by atoms with Crippen molar-refractivity contribution in [2.24, 2.45) is 0 Å². The first-order chi connectivity index (χ1) is 8.81. The van der Waals surface area contributed by atoms with Crippen LogP contribution in [0.3, 0.4) is 0 Å². The predicted molar refractivity (Wildman–Crippen MR) is 77.1 cm³/mol. The number of carbonyl (C=O) groups is 1. The van der Waals surface area contributed by atoms with E-state index in [1.165, 1.54) is 12.8 Å². The first-order valence-electron chi connectivity index (χ1n) is 6.45. The molecule has 3 heteroatoms. The Morgan fingerprint density at radius 2 is 2.11 bits per heavy atom. The molecule has 0 unspecified atom stereocenters. The summed E-state index contributed by atoms with van der Waals surface area (Å²) in [6.45, 7) is 3.71.